The molecule has 0 bridgehead atoms. The summed E-state index contributed by atoms with van der Waals surface area (Å²) in [5, 5.41) is 5.47. The number of likely N-dealkylation sites (N-methyl/N-ethyl adjacent to an activating group) is 2. The number of fused-ring (bicyclic) bond motifs is 2. The Hall–Kier alpha value is -2.87. The molecule has 0 radical (unpaired) electrons. The highest BCUT2D eigenvalue weighted by Crippen LogP contribution is 2.22. The summed E-state index contributed by atoms with van der Waals surface area (Å²) in [6.45, 7) is -0.00797. The first-order valence-electron chi connectivity index (χ1n) is 8.37. The molecule has 3 rings (SSSR count). The van der Waals surface area contributed by atoms with Gasteiger partial charge >= 0.3 is 0 Å². The SMILES string of the molecule is CNC(=O)CN(C)C(=O)CSc1nc2cc3ccccc3cc2c(=O)n1C. The summed E-state index contributed by atoms with van der Waals surface area (Å²) in [7, 11) is 4.73. The van der Waals surface area contributed by atoms with Crippen molar-refractivity contribution >= 4 is 45.3 Å². The summed E-state index contributed by atoms with van der Waals surface area (Å²) in [6, 6.07) is 11.5. The van der Waals surface area contributed by atoms with Gasteiger partial charge in [0.25, 0.3) is 5.56 Å². The van der Waals surface area contributed by atoms with Gasteiger partial charge < -0.3 is 10.2 Å². The van der Waals surface area contributed by atoms with Crippen LogP contribution in [-0.2, 0) is 16.6 Å². The second kappa shape index (κ2) is 7.79. The van der Waals surface area contributed by atoms with E-state index < -0.39 is 0 Å². The van der Waals surface area contributed by atoms with E-state index in [1.165, 1.54) is 28.3 Å². The van der Waals surface area contributed by atoms with Crippen molar-refractivity contribution in [2.75, 3.05) is 26.4 Å². The number of carbonyl (C=O) groups excluding carboxylic acids is 2. The van der Waals surface area contributed by atoms with Crippen LogP contribution in [0, 0.1) is 0 Å². The van der Waals surface area contributed by atoms with E-state index in [1.807, 2.05) is 36.4 Å². The topological polar surface area (TPSA) is 84.3 Å². The Bertz CT molecular complexity index is 1090. The fourth-order valence-electron chi connectivity index (χ4n) is 2.69. The van der Waals surface area contributed by atoms with Crippen LogP contribution in [0.5, 0.6) is 0 Å². The Kier molecular flexibility index (Phi) is 5.46. The largest absolute Gasteiger partial charge is 0.358 e. The van der Waals surface area contributed by atoms with Crippen molar-refractivity contribution in [3.05, 3.63) is 46.8 Å². The second-order valence-electron chi connectivity index (χ2n) is 6.19. The molecule has 3 aromatic rings. The molecule has 1 aromatic heterocycles. The monoisotopic (exact) mass is 384 g/mol. The number of thioether (sulfide) groups is 1. The molecule has 1 N–H and O–H groups in total. The smallest absolute Gasteiger partial charge is 0.261 e. The van der Waals surface area contributed by atoms with E-state index in [2.05, 4.69) is 10.3 Å². The maximum atomic E-state index is 12.7. The molecule has 2 amide bonds. The second-order valence-corrected chi connectivity index (χ2v) is 7.13. The lowest BCUT2D eigenvalue weighted by Crippen LogP contribution is -2.37. The average molecular weight is 384 g/mol. The van der Waals surface area contributed by atoms with Crippen LogP contribution < -0.4 is 10.9 Å². The Morgan fingerprint density at radius 2 is 1.89 bits per heavy atom. The summed E-state index contributed by atoms with van der Waals surface area (Å²) >= 11 is 1.18. The quantitative estimate of drug-likeness (QED) is 0.408. The molecule has 7 nitrogen and oxygen atoms in total. The standard InChI is InChI=1S/C19H20N4O3S/c1-20-16(24)10-22(2)17(25)11-27-19-21-15-9-13-7-5-4-6-12(13)8-14(15)18(26)23(19)3/h4-9H,10-11H2,1-3H3,(H,20,24). The van der Waals surface area contributed by atoms with Gasteiger partial charge in [0, 0.05) is 21.1 Å². The number of hydrogen-bond acceptors (Lipinski definition) is 5. The normalized spacial score (nSPS) is 10.9. The van der Waals surface area contributed by atoms with Crippen LogP contribution in [0.25, 0.3) is 21.7 Å². The maximum absolute atomic E-state index is 12.7. The molecule has 0 saturated carbocycles. The molecule has 0 aliphatic heterocycles. The fourth-order valence-corrected chi connectivity index (χ4v) is 3.60. The molecule has 8 heteroatoms. The van der Waals surface area contributed by atoms with Crippen LogP contribution in [0.1, 0.15) is 0 Å². The molecule has 0 spiro atoms. The molecule has 0 saturated heterocycles. The number of aromatic nitrogens is 2. The lowest BCUT2D eigenvalue weighted by atomic mass is 10.1. The van der Waals surface area contributed by atoms with Crippen LogP contribution in [0.3, 0.4) is 0 Å². The van der Waals surface area contributed by atoms with Crippen LogP contribution in [0.2, 0.25) is 0 Å². The molecule has 27 heavy (non-hydrogen) atoms. The Balaban J connectivity index is 1.87. The van der Waals surface area contributed by atoms with Crippen LogP contribution in [0.15, 0.2) is 46.3 Å². The zero-order valence-electron chi connectivity index (χ0n) is 15.4. The van der Waals surface area contributed by atoms with E-state index in [9.17, 15) is 14.4 Å². The summed E-state index contributed by atoms with van der Waals surface area (Å²) in [5.74, 6) is -0.359. The molecular formula is C19H20N4O3S. The van der Waals surface area contributed by atoms with E-state index >= 15 is 0 Å². The summed E-state index contributed by atoms with van der Waals surface area (Å²) < 4.78 is 1.45. The number of amides is 2. The molecule has 140 valence electrons. The van der Waals surface area contributed by atoms with Gasteiger partial charge in [-0.2, -0.15) is 0 Å². The highest BCUT2D eigenvalue weighted by atomic mass is 32.2. The lowest BCUT2D eigenvalue weighted by molar-refractivity contribution is -0.132. The molecule has 0 aliphatic carbocycles. The number of nitrogens with one attached hydrogen (secondary N) is 1. The van der Waals surface area contributed by atoms with Crippen molar-refractivity contribution in [3.8, 4) is 0 Å². The predicted molar refractivity (Wildman–Crippen MR) is 107 cm³/mol. The minimum absolute atomic E-state index is 0.00797. The molecular weight excluding hydrogens is 364 g/mol. The van der Waals surface area contributed by atoms with Crippen LogP contribution in [0.4, 0.5) is 0 Å². The molecule has 0 aliphatic rings. The lowest BCUT2D eigenvalue weighted by Gasteiger charge is -2.16. The van der Waals surface area contributed by atoms with Gasteiger partial charge in [0.15, 0.2) is 5.16 Å². The molecule has 0 fully saturated rings. The van der Waals surface area contributed by atoms with E-state index in [1.54, 1.807) is 14.1 Å². The Morgan fingerprint density at radius 3 is 2.56 bits per heavy atom. The third-order valence-electron chi connectivity index (χ3n) is 4.31. The molecule has 2 aromatic carbocycles. The van der Waals surface area contributed by atoms with Crippen molar-refractivity contribution in [2.24, 2.45) is 7.05 Å². The predicted octanol–water partition coefficient (Wildman–Crippen LogP) is 1.38. The van der Waals surface area contributed by atoms with Crippen molar-refractivity contribution in [1.29, 1.82) is 0 Å². The number of rotatable bonds is 5. The van der Waals surface area contributed by atoms with Gasteiger partial charge in [-0.1, -0.05) is 36.0 Å². The third kappa shape index (κ3) is 3.95. The van der Waals surface area contributed by atoms with Crippen molar-refractivity contribution in [3.63, 3.8) is 0 Å². The highest BCUT2D eigenvalue weighted by molar-refractivity contribution is 7.99. The minimum atomic E-state index is -0.237. The Labute approximate surface area is 160 Å². The highest BCUT2D eigenvalue weighted by Gasteiger charge is 2.15. The van der Waals surface area contributed by atoms with Gasteiger partial charge in [-0.25, -0.2) is 4.98 Å². The van der Waals surface area contributed by atoms with E-state index in [0.717, 1.165) is 10.8 Å². The van der Waals surface area contributed by atoms with E-state index in [0.29, 0.717) is 16.1 Å². The van der Waals surface area contributed by atoms with Crippen LogP contribution in [-0.4, -0.2) is 52.7 Å². The van der Waals surface area contributed by atoms with Crippen molar-refractivity contribution in [2.45, 2.75) is 5.16 Å². The van der Waals surface area contributed by atoms with Gasteiger partial charge in [0.1, 0.15) is 0 Å². The molecule has 0 atom stereocenters. The molecule has 1 heterocycles. The first-order valence-corrected chi connectivity index (χ1v) is 9.36. The van der Waals surface area contributed by atoms with Gasteiger partial charge in [0.05, 0.1) is 23.2 Å². The molecule has 0 unspecified atom stereocenters. The zero-order chi connectivity index (χ0) is 19.6. The number of hydrogen-bond donors (Lipinski definition) is 1. The fraction of sp³-hybridized carbons (Fsp3) is 0.263. The zero-order valence-corrected chi connectivity index (χ0v) is 16.2. The maximum Gasteiger partial charge on any atom is 0.261 e. The number of carbonyl (C=O) groups is 2. The van der Waals surface area contributed by atoms with E-state index in [4.69, 9.17) is 0 Å². The summed E-state index contributed by atoms with van der Waals surface area (Å²) in [4.78, 5) is 42.2. The van der Waals surface area contributed by atoms with Gasteiger partial charge in [-0.05, 0) is 22.9 Å². The van der Waals surface area contributed by atoms with Gasteiger partial charge in [0.2, 0.25) is 11.8 Å². The minimum Gasteiger partial charge on any atom is -0.358 e. The van der Waals surface area contributed by atoms with Crippen molar-refractivity contribution in [1.82, 2.24) is 19.8 Å². The number of nitrogens with zero attached hydrogens (tertiary/aromatic N) is 3. The van der Waals surface area contributed by atoms with Crippen molar-refractivity contribution < 1.29 is 9.59 Å². The third-order valence-corrected chi connectivity index (χ3v) is 5.33. The first-order chi connectivity index (χ1) is 12.9. The van der Waals surface area contributed by atoms with Gasteiger partial charge in [-0.15, -0.1) is 0 Å². The summed E-state index contributed by atoms with van der Waals surface area (Å²) in [5.41, 5.74) is 0.449. The average Bonchev–Trinajstić information content (AvgIpc) is 2.68. The summed E-state index contributed by atoms with van der Waals surface area (Å²) in [6.07, 6.45) is 0. The van der Waals surface area contributed by atoms with E-state index in [-0.39, 0.29) is 29.7 Å². The van der Waals surface area contributed by atoms with Gasteiger partial charge in [-0.3, -0.25) is 19.0 Å². The van der Waals surface area contributed by atoms with Crippen LogP contribution >= 0.6 is 11.8 Å². The Morgan fingerprint density at radius 1 is 1.22 bits per heavy atom. The number of benzene rings is 2. The first kappa shape index (κ1) is 18.9.